The van der Waals surface area contributed by atoms with Crippen molar-refractivity contribution >= 4 is 11.9 Å². The molecule has 2 aliphatic heterocycles. The zero-order valence-electron chi connectivity index (χ0n) is 13.2. The summed E-state index contributed by atoms with van der Waals surface area (Å²) in [7, 11) is 1.41. The highest BCUT2D eigenvalue weighted by Crippen LogP contribution is 2.16. The van der Waals surface area contributed by atoms with Crippen molar-refractivity contribution in [2.24, 2.45) is 0 Å². The number of likely N-dealkylation sites (tertiary alicyclic amines) is 1. The van der Waals surface area contributed by atoms with Crippen molar-refractivity contribution in [3.05, 3.63) is 0 Å². The molecule has 0 aromatic rings. The van der Waals surface area contributed by atoms with Crippen LogP contribution in [0.3, 0.4) is 0 Å². The zero-order valence-corrected chi connectivity index (χ0v) is 13.2. The van der Waals surface area contributed by atoms with Crippen LogP contribution in [-0.2, 0) is 14.3 Å². The van der Waals surface area contributed by atoms with Crippen LogP contribution >= 0.6 is 0 Å². The number of hydrogen-bond acceptors (Lipinski definition) is 5. The molecule has 0 aromatic heterocycles. The van der Waals surface area contributed by atoms with Crippen LogP contribution in [0.1, 0.15) is 26.2 Å². The number of rotatable bonds is 4. The number of piperidine rings is 1. The second-order valence-corrected chi connectivity index (χ2v) is 6.06. The predicted octanol–water partition coefficient (Wildman–Crippen LogP) is 0.178. The first-order valence-electron chi connectivity index (χ1n) is 7.91. The van der Waals surface area contributed by atoms with Crippen molar-refractivity contribution in [1.29, 1.82) is 0 Å². The van der Waals surface area contributed by atoms with Crippen molar-refractivity contribution in [3.8, 4) is 0 Å². The van der Waals surface area contributed by atoms with Gasteiger partial charge in [-0.3, -0.25) is 19.4 Å². The molecular weight excluding hydrogens is 270 g/mol. The Labute approximate surface area is 127 Å². The van der Waals surface area contributed by atoms with E-state index >= 15 is 0 Å². The smallest absolute Gasteiger partial charge is 0.319 e. The Bertz CT molecular complexity index is 367. The van der Waals surface area contributed by atoms with E-state index in [1.165, 1.54) is 13.5 Å². The summed E-state index contributed by atoms with van der Waals surface area (Å²) in [6.07, 6.45) is 3.48. The normalized spacial score (nSPS) is 24.9. The molecule has 2 fully saturated rings. The predicted molar refractivity (Wildman–Crippen MR) is 79.9 cm³/mol. The maximum Gasteiger partial charge on any atom is 0.319 e. The molecule has 2 saturated heterocycles. The van der Waals surface area contributed by atoms with E-state index < -0.39 is 0 Å². The monoisotopic (exact) mass is 297 g/mol. The summed E-state index contributed by atoms with van der Waals surface area (Å²) < 4.78 is 4.68. The fourth-order valence-electron chi connectivity index (χ4n) is 3.10. The maximum absolute atomic E-state index is 12.4. The molecule has 6 heteroatoms. The quantitative estimate of drug-likeness (QED) is 0.693. The van der Waals surface area contributed by atoms with E-state index in [0.29, 0.717) is 19.1 Å². The Kier molecular flexibility index (Phi) is 5.99. The second kappa shape index (κ2) is 7.75. The number of carbonyl (C=O) groups is 2. The van der Waals surface area contributed by atoms with E-state index in [2.05, 4.69) is 21.5 Å². The molecule has 0 aliphatic carbocycles. The lowest BCUT2D eigenvalue weighted by atomic mass is 10.0. The molecule has 0 bridgehead atoms. The summed E-state index contributed by atoms with van der Waals surface area (Å²) in [6.45, 7) is 7.22. The molecule has 21 heavy (non-hydrogen) atoms. The lowest BCUT2D eigenvalue weighted by molar-refractivity contribution is -0.143. The fourth-order valence-corrected chi connectivity index (χ4v) is 3.10. The fraction of sp³-hybridized carbons (Fsp3) is 0.867. The molecule has 0 N–H and O–H groups in total. The molecule has 2 aliphatic rings. The molecule has 0 radical (unpaired) electrons. The maximum atomic E-state index is 12.4. The van der Waals surface area contributed by atoms with Crippen LogP contribution in [0, 0.1) is 0 Å². The molecule has 2 rings (SSSR count). The summed E-state index contributed by atoms with van der Waals surface area (Å²) in [4.78, 5) is 29.9. The van der Waals surface area contributed by atoms with Crippen LogP contribution in [0.2, 0.25) is 0 Å². The summed E-state index contributed by atoms with van der Waals surface area (Å²) >= 11 is 0. The number of esters is 1. The lowest BCUT2D eigenvalue weighted by Gasteiger charge is -2.37. The Balaban J connectivity index is 1.72. The van der Waals surface area contributed by atoms with Gasteiger partial charge in [0.15, 0.2) is 0 Å². The first-order chi connectivity index (χ1) is 10.1. The van der Waals surface area contributed by atoms with Gasteiger partial charge in [0, 0.05) is 38.8 Å². The Morgan fingerprint density at radius 3 is 2.19 bits per heavy atom. The molecular formula is C15H27N3O3. The van der Waals surface area contributed by atoms with Crippen LogP contribution < -0.4 is 0 Å². The number of carbonyl (C=O) groups excluding carboxylic acids is 2. The van der Waals surface area contributed by atoms with Gasteiger partial charge >= 0.3 is 5.97 Å². The van der Waals surface area contributed by atoms with Gasteiger partial charge < -0.3 is 9.64 Å². The summed E-state index contributed by atoms with van der Waals surface area (Å²) in [5.41, 5.74) is 0. The van der Waals surface area contributed by atoms with Crippen molar-refractivity contribution in [1.82, 2.24) is 14.7 Å². The third kappa shape index (κ3) is 4.68. The van der Waals surface area contributed by atoms with Gasteiger partial charge in [-0.25, -0.2) is 0 Å². The van der Waals surface area contributed by atoms with Gasteiger partial charge in [-0.2, -0.15) is 0 Å². The lowest BCUT2D eigenvalue weighted by Crippen LogP contribution is -2.52. The van der Waals surface area contributed by atoms with Crippen molar-refractivity contribution in [2.75, 3.05) is 52.9 Å². The van der Waals surface area contributed by atoms with Gasteiger partial charge in [0.25, 0.3) is 0 Å². The van der Waals surface area contributed by atoms with Crippen LogP contribution in [0.25, 0.3) is 0 Å². The third-order valence-electron chi connectivity index (χ3n) is 4.53. The zero-order chi connectivity index (χ0) is 15.2. The minimum Gasteiger partial charge on any atom is -0.468 e. The van der Waals surface area contributed by atoms with Gasteiger partial charge in [0.05, 0.1) is 20.2 Å². The summed E-state index contributed by atoms with van der Waals surface area (Å²) in [6, 6.07) is 0.381. The minimum absolute atomic E-state index is 0.193. The molecule has 1 atom stereocenters. The van der Waals surface area contributed by atoms with Crippen molar-refractivity contribution in [2.45, 2.75) is 32.2 Å². The van der Waals surface area contributed by atoms with E-state index in [4.69, 9.17) is 0 Å². The number of piperazine rings is 1. The standard InChI is InChI=1S/C15H27N3O3/c1-13-5-3-4-6-18(13)14(19)11-16-7-9-17(10-8-16)12-15(20)21-2/h13H,3-12H2,1-2H3. The van der Waals surface area contributed by atoms with E-state index in [9.17, 15) is 9.59 Å². The molecule has 0 saturated carbocycles. The molecule has 120 valence electrons. The number of amides is 1. The summed E-state index contributed by atoms with van der Waals surface area (Å²) in [5, 5.41) is 0. The minimum atomic E-state index is -0.193. The van der Waals surface area contributed by atoms with Crippen LogP contribution in [0.15, 0.2) is 0 Å². The number of nitrogens with zero attached hydrogens (tertiary/aromatic N) is 3. The highest BCUT2D eigenvalue weighted by molar-refractivity contribution is 5.78. The number of hydrogen-bond donors (Lipinski definition) is 0. The van der Waals surface area contributed by atoms with Gasteiger partial charge in [0.1, 0.15) is 0 Å². The molecule has 6 nitrogen and oxygen atoms in total. The van der Waals surface area contributed by atoms with Crippen LogP contribution in [0.4, 0.5) is 0 Å². The van der Waals surface area contributed by atoms with Crippen LogP contribution in [0.5, 0.6) is 0 Å². The number of methoxy groups -OCH3 is 1. The Morgan fingerprint density at radius 1 is 1.00 bits per heavy atom. The summed E-state index contributed by atoms with van der Waals surface area (Å²) in [5.74, 6) is 0.0604. The van der Waals surface area contributed by atoms with Crippen LogP contribution in [-0.4, -0.2) is 85.5 Å². The van der Waals surface area contributed by atoms with E-state index in [-0.39, 0.29) is 11.9 Å². The van der Waals surface area contributed by atoms with Gasteiger partial charge in [-0.05, 0) is 26.2 Å². The molecule has 1 unspecified atom stereocenters. The van der Waals surface area contributed by atoms with Crippen molar-refractivity contribution in [3.63, 3.8) is 0 Å². The molecule has 0 aromatic carbocycles. The number of ether oxygens (including phenoxy) is 1. The van der Waals surface area contributed by atoms with Gasteiger partial charge in [-0.1, -0.05) is 0 Å². The van der Waals surface area contributed by atoms with Crippen molar-refractivity contribution < 1.29 is 14.3 Å². The second-order valence-electron chi connectivity index (χ2n) is 6.06. The van der Waals surface area contributed by atoms with Gasteiger partial charge in [-0.15, -0.1) is 0 Å². The molecule has 2 heterocycles. The highest BCUT2D eigenvalue weighted by atomic mass is 16.5. The first kappa shape index (κ1) is 16.2. The third-order valence-corrected chi connectivity index (χ3v) is 4.53. The van der Waals surface area contributed by atoms with E-state index in [1.54, 1.807) is 0 Å². The average Bonchev–Trinajstić information content (AvgIpc) is 2.49. The Morgan fingerprint density at radius 2 is 1.62 bits per heavy atom. The average molecular weight is 297 g/mol. The first-order valence-corrected chi connectivity index (χ1v) is 7.91. The largest absolute Gasteiger partial charge is 0.468 e. The van der Waals surface area contributed by atoms with Gasteiger partial charge in [0.2, 0.25) is 5.91 Å². The Hall–Kier alpha value is -1.14. The highest BCUT2D eigenvalue weighted by Gasteiger charge is 2.26. The molecule has 0 spiro atoms. The topological polar surface area (TPSA) is 53.1 Å². The SMILES string of the molecule is COC(=O)CN1CCN(CC(=O)N2CCCCC2C)CC1. The van der Waals surface area contributed by atoms with E-state index in [0.717, 1.165) is 45.6 Å². The molecule has 1 amide bonds. The van der Waals surface area contributed by atoms with E-state index in [1.807, 2.05) is 4.90 Å².